The fourth-order valence-corrected chi connectivity index (χ4v) is 4.18. The first-order chi connectivity index (χ1) is 12.9. The lowest BCUT2D eigenvalue weighted by Gasteiger charge is -2.19. The molecular formula is C21H18ClNO3S. The van der Waals surface area contributed by atoms with Crippen LogP contribution in [0.2, 0.25) is 5.02 Å². The van der Waals surface area contributed by atoms with E-state index in [0.717, 1.165) is 11.1 Å². The van der Waals surface area contributed by atoms with Crippen LogP contribution in [0.25, 0.3) is 11.3 Å². The minimum absolute atomic E-state index is 0.0326. The van der Waals surface area contributed by atoms with Gasteiger partial charge in [-0.15, -0.1) is 6.42 Å². The Morgan fingerprint density at radius 1 is 1.07 bits per heavy atom. The van der Waals surface area contributed by atoms with E-state index in [0.29, 0.717) is 16.5 Å². The molecule has 0 spiro atoms. The number of rotatable bonds is 6. The Morgan fingerprint density at radius 3 is 2.44 bits per heavy atom. The molecule has 2 aromatic carbocycles. The molecule has 0 atom stereocenters. The van der Waals surface area contributed by atoms with Gasteiger partial charge in [0.25, 0.3) is 0 Å². The van der Waals surface area contributed by atoms with Gasteiger partial charge >= 0.3 is 0 Å². The maximum absolute atomic E-state index is 12.9. The van der Waals surface area contributed by atoms with E-state index in [9.17, 15) is 8.42 Å². The summed E-state index contributed by atoms with van der Waals surface area (Å²) in [4.78, 5) is 0.196. The summed E-state index contributed by atoms with van der Waals surface area (Å²) in [5, 5.41) is 0.561. The largest absolute Gasteiger partial charge is 0.460 e. The average molecular weight is 400 g/mol. The smallest absolute Gasteiger partial charge is 0.244 e. The van der Waals surface area contributed by atoms with Crippen LogP contribution in [0.3, 0.4) is 0 Å². The molecule has 0 aliphatic rings. The number of sulfonamides is 1. The molecule has 0 amide bonds. The zero-order valence-electron chi connectivity index (χ0n) is 14.7. The van der Waals surface area contributed by atoms with Gasteiger partial charge in [-0.25, -0.2) is 8.42 Å². The van der Waals surface area contributed by atoms with Crippen molar-refractivity contribution in [1.29, 1.82) is 0 Å². The van der Waals surface area contributed by atoms with Crippen molar-refractivity contribution < 1.29 is 12.8 Å². The first kappa shape index (κ1) is 19.2. The Bertz CT molecular complexity index is 1080. The van der Waals surface area contributed by atoms with Gasteiger partial charge in [-0.2, -0.15) is 4.31 Å². The van der Waals surface area contributed by atoms with Gasteiger partial charge in [0, 0.05) is 5.56 Å². The molecule has 1 heterocycles. The van der Waals surface area contributed by atoms with E-state index in [4.69, 9.17) is 22.4 Å². The summed E-state index contributed by atoms with van der Waals surface area (Å²) in [6.45, 7) is 1.87. The van der Waals surface area contributed by atoms with Crippen molar-refractivity contribution in [3.05, 3.63) is 77.0 Å². The summed E-state index contributed by atoms with van der Waals surface area (Å²) >= 11 is 6.20. The van der Waals surface area contributed by atoms with Crippen molar-refractivity contribution >= 4 is 21.6 Å². The highest BCUT2D eigenvalue weighted by atomic mass is 35.5. The molecule has 6 heteroatoms. The van der Waals surface area contributed by atoms with Gasteiger partial charge in [0.05, 0.1) is 23.0 Å². The van der Waals surface area contributed by atoms with Gasteiger partial charge in [-0.1, -0.05) is 47.4 Å². The topological polar surface area (TPSA) is 50.5 Å². The van der Waals surface area contributed by atoms with Crippen LogP contribution in [0.4, 0.5) is 0 Å². The van der Waals surface area contributed by atoms with Crippen molar-refractivity contribution in [3.8, 4) is 23.7 Å². The van der Waals surface area contributed by atoms with Crippen molar-refractivity contribution in [3.63, 3.8) is 0 Å². The Hall–Kier alpha value is -2.52. The molecule has 0 aliphatic carbocycles. The molecule has 138 valence electrons. The normalized spacial score (nSPS) is 11.5. The quantitative estimate of drug-likeness (QED) is 0.563. The first-order valence-electron chi connectivity index (χ1n) is 8.25. The Kier molecular flexibility index (Phi) is 5.71. The van der Waals surface area contributed by atoms with Crippen molar-refractivity contribution in [2.45, 2.75) is 18.4 Å². The van der Waals surface area contributed by atoms with Gasteiger partial charge in [0.1, 0.15) is 11.5 Å². The molecule has 27 heavy (non-hydrogen) atoms. The third-order valence-corrected chi connectivity index (χ3v) is 6.20. The van der Waals surface area contributed by atoms with E-state index in [1.54, 1.807) is 42.5 Å². The number of nitrogens with zero attached hydrogens (tertiary/aromatic N) is 1. The lowest BCUT2D eigenvalue weighted by atomic mass is 10.2. The monoisotopic (exact) mass is 399 g/mol. The summed E-state index contributed by atoms with van der Waals surface area (Å²) in [5.74, 6) is 3.46. The van der Waals surface area contributed by atoms with E-state index in [1.165, 1.54) is 4.31 Å². The van der Waals surface area contributed by atoms with Crippen LogP contribution in [-0.4, -0.2) is 19.3 Å². The molecule has 1 aromatic heterocycles. The molecule has 4 nitrogen and oxygen atoms in total. The van der Waals surface area contributed by atoms with E-state index >= 15 is 0 Å². The third-order valence-electron chi connectivity index (χ3n) is 4.06. The predicted octanol–water partition coefficient (Wildman–Crippen LogP) is 4.73. The molecule has 0 unspecified atom stereocenters. The second-order valence-electron chi connectivity index (χ2n) is 6.04. The Labute approximate surface area is 164 Å². The van der Waals surface area contributed by atoms with Crippen LogP contribution in [0.5, 0.6) is 0 Å². The molecule has 0 saturated heterocycles. The van der Waals surface area contributed by atoms with E-state index in [1.807, 2.05) is 25.1 Å². The number of aryl methyl sites for hydroxylation is 1. The van der Waals surface area contributed by atoms with E-state index in [2.05, 4.69) is 5.92 Å². The van der Waals surface area contributed by atoms with Crippen molar-refractivity contribution in [2.24, 2.45) is 0 Å². The number of benzene rings is 2. The number of halogens is 1. The highest BCUT2D eigenvalue weighted by Crippen LogP contribution is 2.30. The van der Waals surface area contributed by atoms with E-state index < -0.39 is 10.0 Å². The predicted molar refractivity (Wildman–Crippen MR) is 107 cm³/mol. The maximum atomic E-state index is 12.9. The third kappa shape index (κ3) is 4.25. The molecule has 0 saturated carbocycles. The zero-order valence-corrected chi connectivity index (χ0v) is 16.3. The minimum Gasteiger partial charge on any atom is -0.460 e. The van der Waals surface area contributed by atoms with Gasteiger partial charge in [0.15, 0.2) is 0 Å². The lowest BCUT2D eigenvalue weighted by molar-refractivity contribution is 0.393. The molecular weight excluding hydrogens is 382 g/mol. The molecule has 3 aromatic rings. The van der Waals surface area contributed by atoms with E-state index in [-0.39, 0.29) is 18.0 Å². The minimum atomic E-state index is -3.74. The Morgan fingerprint density at radius 2 is 1.78 bits per heavy atom. The van der Waals surface area contributed by atoms with Crippen LogP contribution in [0, 0.1) is 19.3 Å². The van der Waals surface area contributed by atoms with Crippen molar-refractivity contribution in [2.75, 3.05) is 6.54 Å². The fourth-order valence-electron chi connectivity index (χ4n) is 2.63. The zero-order chi connectivity index (χ0) is 19.4. The number of terminal acetylenes is 1. The second-order valence-corrected chi connectivity index (χ2v) is 8.38. The number of hydrogen-bond acceptors (Lipinski definition) is 3. The second kappa shape index (κ2) is 8.01. The van der Waals surface area contributed by atoms with Crippen LogP contribution in [0.1, 0.15) is 11.3 Å². The summed E-state index contributed by atoms with van der Waals surface area (Å²) in [6.07, 6.45) is 5.39. The molecule has 0 aliphatic heterocycles. The molecule has 0 N–H and O–H groups in total. The molecule has 0 fully saturated rings. The number of furan rings is 1. The molecule has 3 rings (SSSR count). The average Bonchev–Trinajstić information content (AvgIpc) is 3.10. The van der Waals surface area contributed by atoms with Crippen LogP contribution < -0.4 is 0 Å². The number of hydrogen-bond donors (Lipinski definition) is 0. The van der Waals surface area contributed by atoms with Crippen LogP contribution in [-0.2, 0) is 16.6 Å². The summed E-state index contributed by atoms with van der Waals surface area (Å²) in [5.41, 5.74) is 1.73. The van der Waals surface area contributed by atoms with Crippen molar-refractivity contribution in [1.82, 2.24) is 4.31 Å². The standard InChI is InChI=1S/C21H18ClNO3S/c1-3-14-23(27(24,25)18-11-8-16(2)9-12-18)15-17-10-13-21(26-17)19-6-4-5-7-20(19)22/h1,4-13H,14-15H2,2H3. The summed E-state index contributed by atoms with van der Waals surface area (Å²) < 4.78 is 32.9. The maximum Gasteiger partial charge on any atom is 0.244 e. The molecule has 0 bridgehead atoms. The first-order valence-corrected chi connectivity index (χ1v) is 10.1. The van der Waals surface area contributed by atoms with Gasteiger partial charge in [-0.3, -0.25) is 0 Å². The highest BCUT2D eigenvalue weighted by molar-refractivity contribution is 7.89. The van der Waals surface area contributed by atoms with Crippen LogP contribution in [0.15, 0.2) is 70.0 Å². The lowest BCUT2D eigenvalue weighted by Crippen LogP contribution is -2.30. The van der Waals surface area contributed by atoms with Gasteiger partial charge < -0.3 is 4.42 Å². The SMILES string of the molecule is C#CCN(Cc1ccc(-c2ccccc2Cl)o1)S(=O)(=O)c1ccc(C)cc1. The Balaban J connectivity index is 1.88. The summed E-state index contributed by atoms with van der Waals surface area (Å²) in [7, 11) is -3.74. The summed E-state index contributed by atoms with van der Waals surface area (Å²) in [6, 6.07) is 17.5. The van der Waals surface area contributed by atoms with Gasteiger partial charge in [0.2, 0.25) is 10.0 Å². The fraction of sp³-hybridized carbons (Fsp3) is 0.143. The highest BCUT2D eigenvalue weighted by Gasteiger charge is 2.25. The molecule has 0 radical (unpaired) electrons. The van der Waals surface area contributed by atoms with Gasteiger partial charge in [-0.05, 0) is 43.3 Å². The van der Waals surface area contributed by atoms with Crippen LogP contribution >= 0.6 is 11.6 Å².